The Morgan fingerprint density at radius 3 is 2.06 bits per heavy atom. The Hall–Kier alpha value is -0.120. The van der Waals surface area contributed by atoms with Gasteiger partial charge in [0.05, 0.1) is 12.2 Å². The van der Waals surface area contributed by atoms with Crippen molar-refractivity contribution in [2.45, 2.75) is 69.7 Å². The molecule has 2 atom stereocenters. The Balaban J connectivity index is 2.18. The number of rotatable bonds is 2. The van der Waals surface area contributed by atoms with E-state index in [1.807, 2.05) is 0 Å². The maximum atomic E-state index is 9.55. The largest absolute Gasteiger partial charge is 0.393 e. The molecule has 2 unspecified atom stereocenters. The quantitative estimate of drug-likeness (QED) is 0.780. The maximum absolute atomic E-state index is 9.55. The summed E-state index contributed by atoms with van der Waals surface area (Å²) in [5.74, 6) is 0. The highest BCUT2D eigenvalue weighted by atomic mass is 16.5. The molecule has 2 rings (SSSR count). The van der Waals surface area contributed by atoms with Gasteiger partial charge in [0, 0.05) is 24.7 Å². The van der Waals surface area contributed by atoms with Crippen LogP contribution in [0.4, 0.5) is 0 Å². The molecule has 3 heteroatoms. The van der Waals surface area contributed by atoms with E-state index in [9.17, 15) is 5.11 Å². The smallest absolute Gasteiger partial charge is 0.0938 e. The second-order valence-electron chi connectivity index (χ2n) is 6.42. The first-order valence-electron chi connectivity index (χ1n) is 6.36. The third kappa shape index (κ3) is 1.89. The molecule has 0 saturated carbocycles. The normalized spacial score (nSPS) is 40.3. The van der Waals surface area contributed by atoms with Crippen molar-refractivity contribution in [3.63, 3.8) is 0 Å². The second-order valence-corrected chi connectivity index (χ2v) is 6.42. The fourth-order valence-electron chi connectivity index (χ4n) is 3.76. The number of hydrogen-bond acceptors (Lipinski definition) is 3. The van der Waals surface area contributed by atoms with Crippen molar-refractivity contribution in [3.05, 3.63) is 0 Å². The first kappa shape index (κ1) is 12.3. The number of aliphatic hydroxyl groups excluding tert-OH is 1. The lowest BCUT2D eigenvalue weighted by molar-refractivity contribution is -0.123. The van der Waals surface area contributed by atoms with E-state index in [0.29, 0.717) is 12.1 Å². The molecule has 0 amide bonds. The number of aliphatic hydroxyl groups is 1. The molecule has 2 aliphatic rings. The van der Waals surface area contributed by atoms with Crippen LogP contribution in [0.5, 0.6) is 0 Å². The molecular weight excluding hydrogens is 202 g/mol. The minimum absolute atomic E-state index is 0.161. The molecule has 94 valence electrons. The predicted molar refractivity (Wildman–Crippen MR) is 64.5 cm³/mol. The molecule has 0 radical (unpaired) electrons. The zero-order valence-electron chi connectivity index (χ0n) is 11.0. The van der Waals surface area contributed by atoms with E-state index in [-0.39, 0.29) is 17.7 Å². The number of methoxy groups -OCH3 is 1. The summed E-state index contributed by atoms with van der Waals surface area (Å²) in [6.45, 7) is 7.03. The van der Waals surface area contributed by atoms with Gasteiger partial charge in [-0.3, -0.25) is 4.90 Å². The van der Waals surface area contributed by atoms with Crippen LogP contribution in [0.1, 0.15) is 46.5 Å². The molecule has 0 spiro atoms. The molecule has 0 aliphatic carbocycles. The van der Waals surface area contributed by atoms with Gasteiger partial charge in [-0.15, -0.1) is 0 Å². The molecule has 0 aromatic rings. The van der Waals surface area contributed by atoms with Crippen molar-refractivity contribution in [3.8, 4) is 0 Å². The Bertz CT molecular complexity index is 239. The zero-order valence-corrected chi connectivity index (χ0v) is 11.0. The highest BCUT2D eigenvalue weighted by Gasteiger charge is 2.51. The van der Waals surface area contributed by atoms with E-state index in [1.54, 1.807) is 7.11 Å². The minimum Gasteiger partial charge on any atom is -0.393 e. The summed E-state index contributed by atoms with van der Waals surface area (Å²) in [5.41, 5.74) is -0.0330. The summed E-state index contributed by atoms with van der Waals surface area (Å²) in [6, 6.07) is 1.18. The molecule has 2 bridgehead atoms. The molecule has 2 aliphatic heterocycles. The van der Waals surface area contributed by atoms with Crippen molar-refractivity contribution in [2.24, 2.45) is 0 Å². The number of ether oxygens (including phenoxy) is 1. The van der Waals surface area contributed by atoms with E-state index >= 15 is 0 Å². The van der Waals surface area contributed by atoms with Crippen LogP contribution in [-0.2, 0) is 4.74 Å². The molecule has 2 heterocycles. The van der Waals surface area contributed by atoms with Crippen LogP contribution in [0.3, 0.4) is 0 Å². The Labute approximate surface area is 98.8 Å². The SMILES string of the molecule is COC1(CO)CC2CCC(C1)N2C(C)(C)C. The average molecular weight is 227 g/mol. The molecule has 0 aromatic heterocycles. The standard InChI is InChI=1S/C13H25NO2/c1-12(2,3)14-10-5-6-11(14)8-13(7-10,9-15)16-4/h10-11,15H,5-9H2,1-4H3. The van der Waals surface area contributed by atoms with Crippen molar-refractivity contribution in [1.82, 2.24) is 4.90 Å². The summed E-state index contributed by atoms with van der Waals surface area (Å²) < 4.78 is 5.59. The van der Waals surface area contributed by atoms with Gasteiger partial charge in [0.2, 0.25) is 0 Å². The minimum atomic E-state index is -0.270. The number of nitrogens with zero attached hydrogens (tertiary/aromatic N) is 1. The first-order chi connectivity index (χ1) is 7.42. The van der Waals surface area contributed by atoms with Crippen LogP contribution in [0, 0.1) is 0 Å². The monoisotopic (exact) mass is 227 g/mol. The van der Waals surface area contributed by atoms with Crippen LogP contribution in [-0.4, -0.2) is 46.9 Å². The fourth-order valence-corrected chi connectivity index (χ4v) is 3.76. The van der Waals surface area contributed by atoms with Crippen LogP contribution in [0.25, 0.3) is 0 Å². The number of piperidine rings is 1. The Kier molecular flexibility index (Phi) is 3.06. The Morgan fingerprint density at radius 2 is 1.75 bits per heavy atom. The molecule has 0 aromatic carbocycles. The molecule has 2 fully saturated rings. The van der Waals surface area contributed by atoms with Crippen molar-refractivity contribution in [2.75, 3.05) is 13.7 Å². The van der Waals surface area contributed by atoms with Crippen molar-refractivity contribution in [1.29, 1.82) is 0 Å². The second kappa shape index (κ2) is 3.97. The summed E-state index contributed by atoms with van der Waals surface area (Å²) in [6.07, 6.45) is 4.47. The lowest BCUT2D eigenvalue weighted by Crippen LogP contribution is -2.59. The first-order valence-corrected chi connectivity index (χ1v) is 6.36. The van der Waals surface area contributed by atoms with Crippen molar-refractivity contribution >= 4 is 0 Å². The molecule has 3 nitrogen and oxygen atoms in total. The molecule has 16 heavy (non-hydrogen) atoms. The van der Waals surface area contributed by atoms with Crippen LogP contribution < -0.4 is 0 Å². The van der Waals surface area contributed by atoms with Gasteiger partial charge < -0.3 is 9.84 Å². The van der Waals surface area contributed by atoms with E-state index in [2.05, 4.69) is 25.7 Å². The molecule has 2 saturated heterocycles. The van der Waals surface area contributed by atoms with E-state index in [4.69, 9.17) is 4.74 Å². The predicted octanol–water partition coefficient (Wildman–Crippen LogP) is 1.79. The average Bonchev–Trinajstić information content (AvgIpc) is 2.51. The highest BCUT2D eigenvalue weighted by molar-refractivity contribution is 5.05. The Morgan fingerprint density at radius 1 is 1.25 bits per heavy atom. The lowest BCUT2D eigenvalue weighted by Gasteiger charge is -2.50. The van der Waals surface area contributed by atoms with Gasteiger partial charge >= 0.3 is 0 Å². The van der Waals surface area contributed by atoms with Gasteiger partial charge in [0.25, 0.3) is 0 Å². The van der Waals surface area contributed by atoms with Crippen LogP contribution in [0.2, 0.25) is 0 Å². The molecule has 1 N–H and O–H groups in total. The van der Waals surface area contributed by atoms with Gasteiger partial charge in [-0.05, 0) is 46.5 Å². The summed E-state index contributed by atoms with van der Waals surface area (Å²) in [4.78, 5) is 2.64. The third-order valence-electron chi connectivity index (χ3n) is 4.33. The van der Waals surface area contributed by atoms with E-state index in [1.165, 1.54) is 12.8 Å². The van der Waals surface area contributed by atoms with Crippen molar-refractivity contribution < 1.29 is 9.84 Å². The van der Waals surface area contributed by atoms with Gasteiger partial charge in [0.15, 0.2) is 0 Å². The summed E-state index contributed by atoms with van der Waals surface area (Å²) in [7, 11) is 1.74. The maximum Gasteiger partial charge on any atom is 0.0938 e. The van der Waals surface area contributed by atoms with Crippen LogP contribution >= 0.6 is 0 Å². The fraction of sp³-hybridized carbons (Fsp3) is 1.00. The summed E-state index contributed by atoms with van der Waals surface area (Å²) >= 11 is 0. The van der Waals surface area contributed by atoms with Crippen LogP contribution in [0.15, 0.2) is 0 Å². The number of fused-ring (bicyclic) bond motifs is 2. The van der Waals surface area contributed by atoms with Gasteiger partial charge in [-0.2, -0.15) is 0 Å². The van der Waals surface area contributed by atoms with Gasteiger partial charge in [-0.1, -0.05) is 0 Å². The summed E-state index contributed by atoms with van der Waals surface area (Å²) in [5, 5.41) is 9.55. The highest BCUT2D eigenvalue weighted by Crippen LogP contribution is 2.45. The van der Waals surface area contributed by atoms with Gasteiger partial charge in [0.1, 0.15) is 0 Å². The third-order valence-corrected chi connectivity index (χ3v) is 4.33. The van der Waals surface area contributed by atoms with Gasteiger partial charge in [-0.25, -0.2) is 0 Å². The topological polar surface area (TPSA) is 32.7 Å². The molecular formula is C13H25NO2. The lowest BCUT2D eigenvalue weighted by atomic mass is 9.84. The number of hydrogen-bond donors (Lipinski definition) is 1. The van der Waals surface area contributed by atoms with E-state index in [0.717, 1.165) is 12.8 Å². The zero-order chi connectivity index (χ0) is 12.0. The van der Waals surface area contributed by atoms with E-state index < -0.39 is 0 Å².